The van der Waals surface area contributed by atoms with Gasteiger partial charge in [0.2, 0.25) is 0 Å². The van der Waals surface area contributed by atoms with Crippen LogP contribution in [-0.4, -0.2) is 15.9 Å². The van der Waals surface area contributed by atoms with Crippen molar-refractivity contribution in [3.63, 3.8) is 0 Å². The third kappa shape index (κ3) is 2.43. The Hall–Kier alpha value is -1.98. The van der Waals surface area contributed by atoms with Gasteiger partial charge in [-0.2, -0.15) is 11.3 Å². The predicted molar refractivity (Wildman–Crippen MR) is 76.8 cm³/mol. The molecule has 2 heterocycles. The minimum atomic E-state index is -0.243. The Morgan fingerprint density at radius 3 is 2.58 bits per heavy atom. The number of hydrogen-bond donors (Lipinski definition) is 1. The van der Waals surface area contributed by atoms with Crippen LogP contribution >= 0.6 is 22.9 Å². The molecule has 0 bridgehead atoms. The maximum absolute atomic E-state index is 11.9. The number of halogens is 1. The number of nitrogens with zero attached hydrogens (tertiary/aromatic N) is 2. The molecule has 0 saturated carbocycles. The lowest BCUT2D eigenvalue weighted by Gasteiger charge is -2.06. The molecule has 4 nitrogen and oxygen atoms in total. The maximum atomic E-state index is 11.9. The fraction of sp³-hybridized carbons (Fsp3) is 0. The molecule has 3 rings (SSSR count). The predicted octanol–water partition coefficient (Wildman–Crippen LogP) is 3.60. The number of benzene rings is 1. The first-order chi connectivity index (χ1) is 9.24. The van der Waals surface area contributed by atoms with Gasteiger partial charge in [0.15, 0.2) is 11.0 Å². The zero-order valence-corrected chi connectivity index (χ0v) is 11.2. The van der Waals surface area contributed by atoms with Crippen LogP contribution in [0.4, 0.5) is 5.82 Å². The number of carbonyl (C=O) groups is 1. The molecule has 1 aromatic carbocycles. The van der Waals surface area contributed by atoms with Crippen LogP contribution in [0.1, 0.15) is 10.4 Å². The van der Waals surface area contributed by atoms with Crippen LogP contribution in [-0.2, 0) is 0 Å². The van der Waals surface area contributed by atoms with E-state index >= 15 is 0 Å². The molecule has 0 spiro atoms. The van der Waals surface area contributed by atoms with Crippen molar-refractivity contribution in [3.8, 4) is 0 Å². The van der Waals surface area contributed by atoms with Gasteiger partial charge in [0.25, 0.3) is 5.91 Å². The second kappa shape index (κ2) is 4.95. The van der Waals surface area contributed by atoms with Crippen LogP contribution in [0.2, 0.25) is 5.15 Å². The SMILES string of the molecule is O=C(Nc1nc2ccccc2nc1Cl)c1ccsc1. The summed E-state index contributed by atoms with van der Waals surface area (Å²) in [6.07, 6.45) is 0. The van der Waals surface area contributed by atoms with Crippen molar-refractivity contribution in [2.75, 3.05) is 5.32 Å². The van der Waals surface area contributed by atoms with E-state index < -0.39 is 0 Å². The van der Waals surface area contributed by atoms with Gasteiger partial charge in [0, 0.05) is 5.38 Å². The molecule has 0 aliphatic heterocycles. The van der Waals surface area contributed by atoms with Crippen LogP contribution in [0.5, 0.6) is 0 Å². The molecule has 0 unspecified atom stereocenters. The van der Waals surface area contributed by atoms with Crippen LogP contribution in [0, 0.1) is 0 Å². The fourth-order valence-electron chi connectivity index (χ4n) is 1.63. The summed E-state index contributed by atoms with van der Waals surface area (Å²) in [7, 11) is 0. The van der Waals surface area contributed by atoms with E-state index in [0.29, 0.717) is 16.6 Å². The maximum Gasteiger partial charge on any atom is 0.257 e. The molecule has 2 aromatic heterocycles. The molecule has 94 valence electrons. The monoisotopic (exact) mass is 289 g/mol. The Morgan fingerprint density at radius 2 is 1.89 bits per heavy atom. The highest BCUT2D eigenvalue weighted by Gasteiger charge is 2.12. The number of anilines is 1. The van der Waals surface area contributed by atoms with Crippen LogP contribution in [0.3, 0.4) is 0 Å². The van der Waals surface area contributed by atoms with Gasteiger partial charge in [-0.3, -0.25) is 4.79 Å². The van der Waals surface area contributed by atoms with Crippen molar-refractivity contribution in [2.24, 2.45) is 0 Å². The summed E-state index contributed by atoms with van der Waals surface area (Å²) in [4.78, 5) is 20.4. The van der Waals surface area contributed by atoms with E-state index in [9.17, 15) is 4.79 Å². The number of para-hydroxylation sites is 2. The highest BCUT2D eigenvalue weighted by molar-refractivity contribution is 7.08. The van der Waals surface area contributed by atoms with Gasteiger partial charge in [0.1, 0.15) is 0 Å². The summed E-state index contributed by atoms with van der Waals surface area (Å²) >= 11 is 7.48. The zero-order chi connectivity index (χ0) is 13.2. The molecule has 0 atom stereocenters. The topological polar surface area (TPSA) is 54.9 Å². The molecule has 0 fully saturated rings. The number of amides is 1. The first-order valence-electron chi connectivity index (χ1n) is 5.50. The third-order valence-electron chi connectivity index (χ3n) is 2.54. The van der Waals surface area contributed by atoms with Gasteiger partial charge in [-0.15, -0.1) is 0 Å². The number of fused-ring (bicyclic) bond motifs is 1. The lowest BCUT2D eigenvalue weighted by molar-refractivity contribution is 0.102. The minimum Gasteiger partial charge on any atom is -0.304 e. The summed E-state index contributed by atoms with van der Waals surface area (Å²) < 4.78 is 0. The Labute approximate surface area is 118 Å². The van der Waals surface area contributed by atoms with Crippen molar-refractivity contribution in [2.45, 2.75) is 0 Å². The smallest absolute Gasteiger partial charge is 0.257 e. The van der Waals surface area contributed by atoms with E-state index in [0.717, 1.165) is 0 Å². The minimum absolute atomic E-state index is 0.183. The lowest BCUT2D eigenvalue weighted by atomic mass is 10.3. The molecular weight excluding hydrogens is 282 g/mol. The molecule has 19 heavy (non-hydrogen) atoms. The average Bonchev–Trinajstić information content (AvgIpc) is 2.93. The van der Waals surface area contributed by atoms with Crippen molar-refractivity contribution in [1.82, 2.24) is 9.97 Å². The van der Waals surface area contributed by atoms with E-state index in [1.165, 1.54) is 11.3 Å². The third-order valence-corrected chi connectivity index (χ3v) is 3.49. The van der Waals surface area contributed by atoms with Crippen molar-refractivity contribution >= 4 is 45.7 Å². The molecule has 0 aliphatic carbocycles. The molecule has 0 aliphatic rings. The van der Waals surface area contributed by atoms with Gasteiger partial charge in [0.05, 0.1) is 16.6 Å². The van der Waals surface area contributed by atoms with E-state index in [-0.39, 0.29) is 16.9 Å². The number of rotatable bonds is 2. The Bertz CT molecular complexity index is 743. The van der Waals surface area contributed by atoms with Crippen molar-refractivity contribution in [1.29, 1.82) is 0 Å². The Morgan fingerprint density at radius 1 is 1.16 bits per heavy atom. The lowest BCUT2D eigenvalue weighted by Crippen LogP contribution is -2.13. The molecular formula is C13H8ClN3OS. The summed E-state index contributed by atoms with van der Waals surface area (Å²) in [5, 5.41) is 6.45. The fourth-order valence-corrected chi connectivity index (χ4v) is 2.45. The number of nitrogens with one attached hydrogen (secondary N) is 1. The standard InChI is InChI=1S/C13H8ClN3OS/c14-11-12(17-13(18)8-5-6-19-7-8)16-10-4-2-1-3-9(10)15-11/h1-7H,(H,16,17,18). The number of thiophene rings is 1. The molecule has 1 N–H and O–H groups in total. The van der Waals surface area contributed by atoms with Gasteiger partial charge in [-0.25, -0.2) is 9.97 Å². The van der Waals surface area contributed by atoms with E-state index in [1.54, 1.807) is 11.4 Å². The van der Waals surface area contributed by atoms with E-state index in [1.807, 2.05) is 29.6 Å². The van der Waals surface area contributed by atoms with Crippen LogP contribution in [0.25, 0.3) is 11.0 Å². The molecule has 0 radical (unpaired) electrons. The van der Waals surface area contributed by atoms with Gasteiger partial charge >= 0.3 is 0 Å². The summed E-state index contributed by atoms with van der Waals surface area (Å²) in [6, 6.07) is 9.09. The highest BCUT2D eigenvalue weighted by atomic mass is 35.5. The van der Waals surface area contributed by atoms with E-state index in [2.05, 4.69) is 15.3 Å². The van der Waals surface area contributed by atoms with Crippen LogP contribution in [0.15, 0.2) is 41.1 Å². The summed E-state index contributed by atoms with van der Waals surface area (Å²) in [5.74, 6) is 0.0318. The zero-order valence-electron chi connectivity index (χ0n) is 9.63. The quantitative estimate of drug-likeness (QED) is 0.784. The molecule has 6 heteroatoms. The second-order valence-corrected chi connectivity index (χ2v) is 4.96. The highest BCUT2D eigenvalue weighted by Crippen LogP contribution is 2.21. The normalized spacial score (nSPS) is 10.6. The van der Waals surface area contributed by atoms with Gasteiger partial charge in [-0.05, 0) is 23.6 Å². The molecule has 1 amide bonds. The largest absolute Gasteiger partial charge is 0.304 e. The Kier molecular flexibility index (Phi) is 3.15. The molecule has 3 aromatic rings. The Balaban J connectivity index is 1.96. The van der Waals surface area contributed by atoms with E-state index in [4.69, 9.17) is 11.6 Å². The van der Waals surface area contributed by atoms with Gasteiger partial charge in [-0.1, -0.05) is 23.7 Å². The van der Waals surface area contributed by atoms with Crippen LogP contribution < -0.4 is 5.32 Å². The van der Waals surface area contributed by atoms with Crippen molar-refractivity contribution in [3.05, 3.63) is 51.8 Å². The first-order valence-corrected chi connectivity index (χ1v) is 6.82. The van der Waals surface area contributed by atoms with Crippen molar-refractivity contribution < 1.29 is 4.79 Å². The van der Waals surface area contributed by atoms with Gasteiger partial charge < -0.3 is 5.32 Å². The second-order valence-electron chi connectivity index (χ2n) is 3.82. The average molecular weight is 290 g/mol. The summed E-state index contributed by atoms with van der Waals surface area (Å²) in [6.45, 7) is 0. The molecule has 0 saturated heterocycles. The first kappa shape index (κ1) is 12.1. The number of hydrogen-bond acceptors (Lipinski definition) is 4. The number of aromatic nitrogens is 2. The number of carbonyl (C=O) groups excluding carboxylic acids is 1. The summed E-state index contributed by atoms with van der Waals surface area (Å²) in [5.41, 5.74) is 1.96.